The van der Waals surface area contributed by atoms with Crippen LogP contribution < -0.4 is 0 Å². The maximum Gasteiger partial charge on any atom is 0.410 e. The molecule has 1 aliphatic heterocycles. The Labute approximate surface area is 115 Å². The SMILES string of the molecule is CN(C)/C=C\C(=O)[C@@H]1CCN(C(=O)OC(C)(C)C)C1. The molecule has 0 aromatic rings. The average Bonchev–Trinajstić information content (AvgIpc) is 2.72. The Morgan fingerprint density at radius 2 is 1.95 bits per heavy atom. The van der Waals surface area contributed by atoms with Gasteiger partial charge in [-0.05, 0) is 33.3 Å². The van der Waals surface area contributed by atoms with Crippen molar-refractivity contribution in [3.05, 3.63) is 12.3 Å². The summed E-state index contributed by atoms with van der Waals surface area (Å²) in [5, 5.41) is 0. The molecule has 0 spiro atoms. The van der Waals surface area contributed by atoms with Gasteiger partial charge in [0.1, 0.15) is 5.60 Å². The molecule has 0 aromatic heterocycles. The van der Waals surface area contributed by atoms with Crippen LogP contribution in [0.1, 0.15) is 27.2 Å². The Hall–Kier alpha value is -1.52. The van der Waals surface area contributed by atoms with Crippen molar-refractivity contribution in [2.24, 2.45) is 5.92 Å². The van der Waals surface area contributed by atoms with Gasteiger partial charge in [-0.25, -0.2) is 4.79 Å². The van der Waals surface area contributed by atoms with Gasteiger partial charge >= 0.3 is 6.09 Å². The van der Waals surface area contributed by atoms with Gasteiger partial charge in [0.05, 0.1) is 0 Å². The van der Waals surface area contributed by atoms with E-state index < -0.39 is 5.60 Å². The third-order valence-corrected chi connectivity index (χ3v) is 2.78. The van der Waals surface area contributed by atoms with Crippen molar-refractivity contribution in [1.29, 1.82) is 0 Å². The first-order chi connectivity index (χ1) is 8.69. The van der Waals surface area contributed by atoms with Crippen molar-refractivity contribution in [3.8, 4) is 0 Å². The first-order valence-electron chi connectivity index (χ1n) is 6.55. The van der Waals surface area contributed by atoms with Crippen molar-refractivity contribution in [2.75, 3.05) is 27.2 Å². The van der Waals surface area contributed by atoms with Gasteiger partial charge in [-0.15, -0.1) is 0 Å². The van der Waals surface area contributed by atoms with Crippen LogP contribution in [-0.4, -0.2) is 54.5 Å². The number of amides is 1. The number of hydrogen-bond acceptors (Lipinski definition) is 4. The van der Waals surface area contributed by atoms with Crippen molar-refractivity contribution >= 4 is 11.9 Å². The number of allylic oxidation sites excluding steroid dienone is 1. The van der Waals surface area contributed by atoms with Crippen LogP contribution >= 0.6 is 0 Å². The van der Waals surface area contributed by atoms with Gasteiger partial charge in [-0.3, -0.25) is 4.79 Å². The summed E-state index contributed by atoms with van der Waals surface area (Å²) in [6.45, 7) is 6.54. The molecule has 0 aromatic carbocycles. The Bertz CT molecular complexity index is 369. The highest BCUT2D eigenvalue weighted by atomic mass is 16.6. The standard InChI is InChI=1S/C14H24N2O3/c1-14(2,3)19-13(18)16-9-6-11(10-16)12(17)7-8-15(4)5/h7-8,11H,6,9-10H2,1-5H3/b8-7-/t11-/m1/s1. The van der Waals surface area contributed by atoms with E-state index in [-0.39, 0.29) is 17.8 Å². The molecule has 5 heteroatoms. The monoisotopic (exact) mass is 268 g/mol. The third kappa shape index (κ3) is 5.32. The lowest BCUT2D eigenvalue weighted by atomic mass is 10.0. The van der Waals surface area contributed by atoms with E-state index in [1.165, 1.54) is 0 Å². The fourth-order valence-electron chi connectivity index (χ4n) is 1.84. The third-order valence-electron chi connectivity index (χ3n) is 2.78. The van der Waals surface area contributed by atoms with E-state index in [1.807, 2.05) is 39.8 Å². The molecule has 0 unspecified atom stereocenters. The summed E-state index contributed by atoms with van der Waals surface area (Å²) in [6.07, 6.45) is 3.68. The first-order valence-corrected chi connectivity index (χ1v) is 6.55. The number of carbonyl (C=O) groups excluding carboxylic acids is 2. The molecule has 1 rings (SSSR count). The van der Waals surface area contributed by atoms with E-state index in [4.69, 9.17) is 4.74 Å². The molecule has 108 valence electrons. The van der Waals surface area contributed by atoms with Crippen LogP contribution in [0.2, 0.25) is 0 Å². The van der Waals surface area contributed by atoms with E-state index in [2.05, 4.69) is 0 Å². The normalized spacial score (nSPS) is 19.8. The fourth-order valence-corrected chi connectivity index (χ4v) is 1.84. The number of ether oxygens (including phenoxy) is 1. The smallest absolute Gasteiger partial charge is 0.410 e. The Balaban J connectivity index is 2.50. The molecule has 0 bridgehead atoms. The van der Waals surface area contributed by atoms with E-state index in [1.54, 1.807) is 17.2 Å². The summed E-state index contributed by atoms with van der Waals surface area (Å²) in [5.74, 6) is -0.0384. The molecular weight excluding hydrogens is 244 g/mol. The minimum Gasteiger partial charge on any atom is -0.444 e. The second-order valence-corrected chi connectivity index (χ2v) is 6.09. The highest BCUT2D eigenvalue weighted by Gasteiger charge is 2.32. The van der Waals surface area contributed by atoms with E-state index in [0.29, 0.717) is 19.5 Å². The lowest BCUT2D eigenvalue weighted by Gasteiger charge is -2.24. The zero-order valence-corrected chi connectivity index (χ0v) is 12.5. The molecule has 1 saturated heterocycles. The minimum absolute atomic E-state index is 0.0692. The van der Waals surface area contributed by atoms with Gasteiger partial charge in [0.2, 0.25) is 0 Å². The average molecular weight is 268 g/mol. The highest BCUT2D eigenvalue weighted by Crippen LogP contribution is 2.20. The summed E-state index contributed by atoms with van der Waals surface area (Å²) < 4.78 is 5.30. The topological polar surface area (TPSA) is 49.9 Å². The zero-order valence-electron chi connectivity index (χ0n) is 12.5. The van der Waals surface area contributed by atoms with Crippen LogP contribution in [0.5, 0.6) is 0 Å². The van der Waals surface area contributed by atoms with Crippen molar-refractivity contribution < 1.29 is 14.3 Å². The summed E-state index contributed by atoms with van der Waals surface area (Å²) in [5.41, 5.74) is -0.496. The second-order valence-electron chi connectivity index (χ2n) is 6.09. The number of ketones is 1. The van der Waals surface area contributed by atoms with Gasteiger partial charge in [0.15, 0.2) is 5.78 Å². The molecule has 5 nitrogen and oxygen atoms in total. The van der Waals surface area contributed by atoms with Crippen LogP contribution in [0.15, 0.2) is 12.3 Å². The molecule has 0 N–H and O–H groups in total. The number of nitrogens with zero attached hydrogens (tertiary/aromatic N) is 2. The van der Waals surface area contributed by atoms with Gasteiger partial charge in [0, 0.05) is 39.3 Å². The molecule has 1 heterocycles. The van der Waals surface area contributed by atoms with Crippen LogP contribution in [0.3, 0.4) is 0 Å². The molecule has 1 atom stereocenters. The molecule has 0 saturated carbocycles. The molecule has 0 radical (unpaired) electrons. The van der Waals surface area contributed by atoms with Gasteiger partial charge in [-0.2, -0.15) is 0 Å². The molecule has 1 amide bonds. The lowest BCUT2D eigenvalue weighted by Crippen LogP contribution is -2.35. The van der Waals surface area contributed by atoms with E-state index in [9.17, 15) is 9.59 Å². The fraction of sp³-hybridized carbons (Fsp3) is 0.714. The van der Waals surface area contributed by atoms with Gasteiger partial charge in [-0.1, -0.05) is 0 Å². The predicted molar refractivity (Wildman–Crippen MR) is 73.7 cm³/mol. The quantitative estimate of drug-likeness (QED) is 0.733. The Morgan fingerprint density at radius 3 is 2.47 bits per heavy atom. The number of rotatable bonds is 3. The molecule has 0 aliphatic carbocycles. The lowest BCUT2D eigenvalue weighted by molar-refractivity contribution is -0.117. The van der Waals surface area contributed by atoms with Crippen LogP contribution in [0, 0.1) is 5.92 Å². The first kappa shape index (κ1) is 15.5. The van der Waals surface area contributed by atoms with Crippen LogP contribution in [-0.2, 0) is 9.53 Å². The summed E-state index contributed by atoms with van der Waals surface area (Å²) in [6, 6.07) is 0. The van der Waals surface area contributed by atoms with Crippen molar-refractivity contribution in [2.45, 2.75) is 32.8 Å². The van der Waals surface area contributed by atoms with Crippen LogP contribution in [0.25, 0.3) is 0 Å². The van der Waals surface area contributed by atoms with Crippen LogP contribution in [0.4, 0.5) is 4.79 Å². The largest absolute Gasteiger partial charge is 0.444 e. The van der Waals surface area contributed by atoms with Crippen molar-refractivity contribution in [3.63, 3.8) is 0 Å². The molecular formula is C14H24N2O3. The molecule has 1 aliphatic rings. The molecule has 1 fully saturated rings. The highest BCUT2D eigenvalue weighted by molar-refractivity contribution is 5.92. The van der Waals surface area contributed by atoms with E-state index in [0.717, 1.165) is 0 Å². The maximum atomic E-state index is 11.9. The zero-order chi connectivity index (χ0) is 14.6. The summed E-state index contributed by atoms with van der Waals surface area (Å²) >= 11 is 0. The second kappa shape index (κ2) is 6.08. The minimum atomic E-state index is -0.496. The number of likely N-dealkylation sites (tertiary alicyclic amines) is 1. The molecule has 19 heavy (non-hydrogen) atoms. The summed E-state index contributed by atoms with van der Waals surface area (Å²) in [4.78, 5) is 27.2. The Morgan fingerprint density at radius 1 is 1.32 bits per heavy atom. The van der Waals surface area contributed by atoms with E-state index >= 15 is 0 Å². The summed E-state index contributed by atoms with van der Waals surface area (Å²) in [7, 11) is 3.73. The Kier molecular flexibility index (Phi) is 4.97. The van der Waals surface area contributed by atoms with Gasteiger partial charge in [0.25, 0.3) is 0 Å². The predicted octanol–water partition coefficient (Wildman–Crippen LogP) is 1.89. The maximum absolute atomic E-state index is 11.9. The van der Waals surface area contributed by atoms with Crippen molar-refractivity contribution in [1.82, 2.24) is 9.80 Å². The number of carbonyl (C=O) groups is 2. The van der Waals surface area contributed by atoms with Gasteiger partial charge < -0.3 is 14.5 Å². The number of hydrogen-bond donors (Lipinski definition) is 0.